The van der Waals surface area contributed by atoms with Crippen molar-refractivity contribution < 1.29 is 23.9 Å². The summed E-state index contributed by atoms with van der Waals surface area (Å²) in [7, 11) is 0. The summed E-state index contributed by atoms with van der Waals surface area (Å²) in [6, 6.07) is 0.181. The number of carbonyl (C=O) groups excluding carboxylic acids is 3. The Bertz CT molecular complexity index is 1100. The Morgan fingerprint density at radius 3 is 1.56 bits per heavy atom. The second kappa shape index (κ2) is 34.6. The summed E-state index contributed by atoms with van der Waals surface area (Å²) < 4.78 is 13.5. The fraction of sp³-hybridized carbons (Fsp3) is 0.878. The van der Waals surface area contributed by atoms with E-state index in [1.165, 1.54) is 70.6 Å². The minimum Gasteiger partial charge on any atom is -0.465 e. The first-order chi connectivity index (χ1) is 27.5. The van der Waals surface area contributed by atoms with Crippen LogP contribution in [0.1, 0.15) is 222 Å². The molecule has 8 nitrogen and oxygen atoms in total. The van der Waals surface area contributed by atoms with Crippen LogP contribution in [0, 0.1) is 17.3 Å². The van der Waals surface area contributed by atoms with Crippen molar-refractivity contribution in [3.63, 3.8) is 0 Å². The van der Waals surface area contributed by atoms with E-state index in [2.05, 4.69) is 62.9 Å². The van der Waals surface area contributed by atoms with Crippen LogP contribution < -0.4 is 0 Å². The van der Waals surface area contributed by atoms with E-state index >= 15 is 0 Å². The molecule has 1 rings (SSSR count). The van der Waals surface area contributed by atoms with Crippen LogP contribution in [0.4, 0.5) is 0 Å². The van der Waals surface area contributed by atoms with Gasteiger partial charge in [0.2, 0.25) is 0 Å². The summed E-state index contributed by atoms with van der Waals surface area (Å²) in [6.07, 6.45) is 34.3. The van der Waals surface area contributed by atoms with Crippen LogP contribution in [-0.2, 0) is 30.4 Å². The zero-order chi connectivity index (χ0) is 42.0. The van der Waals surface area contributed by atoms with Gasteiger partial charge in [-0.15, -0.1) is 0 Å². The SMILES string of the molecule is CCCCCCCC(CCC)COC(=O)CCCCCCCN(CC(=O)CCCCCC(=O)OCC(CCC)CCCCCCC)C(Cn1ccnc1)C(C)(C)C. The lowest BCUT2D eigenvalue weighted by Gasteiger charge is -2.40. The summed E-state index contributed by atoms with van der Waals surface area (Å²) in [6.45, 7) is 18.9. The van der Waals surface area contributed by atoms with E-state index < -0.39 is 0 Å². The van der Waals surface area contributed by atoms with E-state index in [-0.39, 0.29) is 29.2 Å². The third-order valence-electron chi connectivity index (χ3n) is 11.7. The van der Waals surface area contributed by atoms with Gasteiger partial charge in [-0.25, -0.2) is 4.98 Å². The lowest BCUT2D eigenvalue weighted by atomic mass is 9.85. The predicted molar refractivity (Wildman–Crippen MR) is 238 cm³/mol. The maximum atomic E-state index is 13.4. The number of ether oxygens (including phenoxy) is 2. The Labute approximate surface area is 351 Å². The largest absolute Gasteiger partial charge is 0.465 e. The molecular formula is C49H91N3O5. The molecule has 0 bridgehead atoms. The highest BCUT2D eigenvalue weighted by Gasteiger charge is 2.31. The Balaban J connectivity index is 2.50. The summed E-state index contributed by atoms with van der Waals surface area (Å²) in [5.74, 6) is 1.12. The van der Waals surface area contributed by atoms with E-state index in [9.17, 15) is 14.4 Å². The fourth-order valence-electron chi connectivity index (χ4n) is 8.14. The van der Waals surface area contributed by atoms with Crippen LogP contribution in [0.3, 0.4) is 0 Å². The van der Waals surface area contributed by atoms with E-state index in [1.807, 2.05) is 18.7 Å². The number of carbonyl (C=O) groups is 3. The van der Waals surface area contributed by atoms with Crippen LogP contribution >= 0.6 is 0 Å². The molecule has 1 heterocycles. The molecule has 1 aromatic rings. The van der Waals surface area contributed by atoms with Crippen LogP contribution in [0.2, 0.25) is 0 Å². The Morgan fingerprint density at radius 1 is 0.596 bits per heavy atom. The zero-order valence-corrected chi connectivity index (χ0v) is 38.5. The van der Waals surface area contributed by atoms with E-state index in [0.29, 0.717) is 50.9 Å². The first-order valence-corrected chi connectivity index (χ1v) is 24.1. The molecule has 0 fully saturated rings. The summed E-state index contributed by atoms with van der Waals surface area (Å²) >= 11 is 0. The summed E-state index contributed by atoms with van der Waals surface area (Å²) in [5.41, 5.74) is -0.0261. The summed E-state index contributed by atoms with van der Waals surface area (Å²) in [5, 5.41) is 0. The van der Waals surface area contributed by atoms with E-state index in [1.54, 1.807) is 0 Å². The second-order valence-corrected chi connectivity index (χ2v) is 18.3. The van der Waals surface area contributed by atoms with Gasteiger partial charge in [-0.2, -0.15) is 0 Å². The van der Waals surface area contributed by atoms with Crippen molar-refractivity contribution in [3.8, 4) is 0 Å². The molecule has 3 atom stereocenters. The first kappa shape index (κ1) is 52.8. The average Bonchev–Trinajstić information content (AvgIpc) is 3.70. The fourth-order valence-corrected chi connectivity index (χ4v) is 8.14. The third kappa shape index (κ3) is 28.8. The van der Waals surface area contributed by atoms with Crippen LogP contribution in [0.5, 0.6) is 0 Å². The van der Waals surface area contributed by atoms with Crippen molar-refractivity contribution in [3.05, 3.63) is 18.7 Å². The number of Topliss-reactive ketones (excluding diaryl/α,β-unsaturated/α-hetero) is 1. The third-order valence-corrected chi connectivity index (χ3v) is 11.7. The van der Waals surface area contributed by atoms with E-state index in [4.69, 9.17) is 9.47 Å². The van der Waals surface area contributed by atoms with Crippen molar-refractivity contribution in [2.24, 2.45) is 17.3 Å². The molecule has 0 amide bonds. The van der Waals surface area contributed by atoms with Crippen molar-refractivity contribution >= 4 is 17.7 Å². The number of esters is 2. The average molecular weight is 802 g/mol. The highest BCUT2D eigenvalue weighted by atomic mass is 16.5. The molecule has 1 aromatic heterocycles. The van der Waals surface area contributed by atoms with Gasteiger partial charge in [0.1, 0.15) is 5.78 Å². The van der Waals surface area contributed by atoms with Crippen molar-refractivity contribution in [2.75, 3.05) is 26.3 Å². The molecule has 0 saturated carbocycles. The first-order valence-electron chi connectivity index (χ1n) is 24.1. The molecule has 0 spiro atoms. The van der Waals surface area contributed by atoms with Gasteiger partial charge >= 0.3 is 11.9 Å². The van der Waals surface area contributed by atoms with Gasteiger partial charge in [0.25, 0.3) is 0 Å². The van der Waals surface area contributed by atoms with Gasteiger partial charge in [-0.1, -0.05) is 151 Å². The van der Waals surface area contributed by atoms with Crippen LogP contribution in [0.15, 0.2) is 18.7 Å². The highest BCUT2D eigenvalue weighted by molar-refractivity contribution is 5.80. The molecule has 0 saturated heterocycles. The smallest absolute Gasteiger partial charge is 0.305 e. The quantitative estimate of drug-likeness (QED) is 0.0483. The summed E-state index contributed by atoms with van der Waals surface area (Å²) in [4.78, 5) is 45.2. The second-order valence-electron chi connectivity index (χ2n) is 18.3. The zero-order valence-electron chi connectivity index (χ0n) is 38.5. The molecule has 57 heavy (non-hydrogen) atoms. The molecule has 332 valence electrons. The van der Waals surface area contributed by atoms with Gasteiger partial charge in [0.15, 0.2) is 0 Å². The van der Waals surface area contributed by atoms with Crippen LogP contribution in [0.25, 0.3) is 0 Å². The minimum absolute atomic E-state index is 0.0261. The molecule has 0 aliphatic rings. The molecule has 8 heteroatoms. The molecular weight excluding hydrogens is 711 g/mol. The lowest BCUT2D eigenvalue weighted by molar-refractivity contribution is -0.146. The van der Waals surface area contributed by atoms with Gasteiger partial charge < -0.3 is 14.0 Å². The number of ketones is 1. The standard InChI is InChI=1S/C49H91N3O5/c1-8-12-14-17-22-30-43(28-10-3)40-56-47(54)33-25-19-16-20-27-36-52(46(49(5,6)7)39-51-37-35-50-42-51)38-45(53)32-24-21-26-34-48(55)57-41-44(29-11-4)31-23-18-15-13-9-2/h35,37,42-44,46H,8-34,36,38-41H2,1-7H3. The Hall–Kier alpha value is -2.22. The highest BCUT2D eigenvalue weighted by Crippen LogP contribution is 2.27. The molecule has 0 aliphatic carbocycles. The maximum Gasteiger partial charge on any atom is 0.305 e. The van der Waals surface area contributed by atoms with Gasteiger partial charge in [0.05, 0.1) is 26.1 Å². The maximum absolute atomic E-state index is 13.4. The van der Waals surface area contributed by atoms with Gasteiger partial charge in [-0.3, -0.25) is 19.3 Å². The number of aromatic nitrogens is 2. The van der Waals surface area contributed by atoms with Gasteiger partial charge in [0, 0.05) is 44.2 Å². The molecule has 0 radical (unpaired) electrons. The topological polar surface area (TPSA) is 90.7 Å². The van der Waals surface area contributed by atoms with Gasteiger partial charge in [-0.05, 0) is 75.2 Å². The number of nitrogens with zero attached hydrogens (tertiary/aromatic N) is 3. The number of hydrogen-bond donors (Lipinski definition) is 0. The van der Waals surface area contributed by atoms with Crippen molar-refractivity contribution in [2.45, 2.75) is 234 Å². The predicted octanol–water partition coefficient (Wildman–Crippen LogP) is 13.1. The molecule has 0 aliphatic heterocycles. The Kier molecular flexibility index (Phi) is 32.1. The monoisotopic (exact) mass is 802 g/mol. The van der Waals surface area contributed by atoms with E-state index in [0.717, 1.165) is 96.6 Å². The number of hydrogen-bond acceptors (Lipinski definition) is 7. The number of imidazole rings is 1. The Morgan fingerprint density at radius 2 is 1.07 bits per heavy atom. The lowest BCUT2D eigenvalue weighted by Crippen LogP contribution is -2.49. The van der Waals surface area contributed by atoms with Crippen molar-refractivity contribution in [1.82, 2.24) is 14.5 Å². The number of rotatable bonds is 39. The molecule has 0 N–H and O–H groups in total. The minimum atomic E-state index is -0.0913. The van der Waals surface area contributed by atoms with Crippen LogP contribution in [-0.4, -0.2) is 64.5 Å². The molecule has 0 aromatic carbocycles. The molecule has 3 unspecified atom stereocenters. The number of unbranched alkanes of at least 4 members (excludes halogenated alkanes) is 14. The van der Waals surface area contributed by atoms with Crippen molar-refractivity contribution in [1.29, 1.82) is 0 Å². The normalized spacial score (nSPS) is 13.5.